The molecule has 12 heteroatoms. The number of hydrogen-bond donors (Lipinski definition) is 0. The van der Waals surface area contributed by atoms with Gasteiger partial charge >= 0.3 is 0 Å². The maximum atomic E-state index is 6.08. The molecule has 0 saturated heterocycles. The zero-order chi connectivity index (χ0) is 27.2. The Balaban J connectivity index is 2.88. The Morgan fingerprint density at radius 3 is 0.806 bits per heavy atom. The molecule has 0 radical (unpaired) electrons. The van der Waals surface area contributed by atoms with Crippen LogP contribution in [0, 0.1) is 0 Å². The smallest absolute Gasteiger partial charge is 0.264 e. The molecule has 0 saturated carbocycles. The highest BCUT2D eigenvalue weighted by molar-refractivity contribution is 7.80. The summed E-state index contributed by atoms with van der Waals surface area (Å²) < 4.78 is 24.3. The molecular formula is C24H30N4O4S4. The second kappa shape index (κ2) is 12.9. The average molecular weight is 567 g/mol. The summed E-state index contributed by atoms with van der Waals surface area (Å²) in [4.78, 5) is 6.72. The van der Waals surface area contributed by atoms with E-state index < -0.39 is 0 Å². The van der Waals surface area contributed by atoms with Gasteiger partial charge in [0.05, 0.1) is 11.1 Å². The fourth-order valence-electron chi connectivity index (χ4n) is 2.60. The van der Waals surface area contributed by atoms with Crippen LogP contribution in [0.5, 0.6) is 23.0 Å². The van der Waals surface area contributed by atoms with E-state index in [-0.39, 0.29) is 20.7 Å². The molecule has 2 aromatic rings. The lowest BCUT2D eigenvalue weighted by Crippen LogP contribution is -2.27. The second-order valence-corrected chi connectivity index (χ2v) is 9.71. The summed E-state index contributed by atoms with van der Waals surface area (Å²) in [7, 11) is 14.3. The maximum Gasteiger partial charge on any atom is 0.264 e. The van der Waals surface area contributed by atoms with Crippen molar-refractivity contribution in [1.82, 2.24) is 19.6 Å². The monoisotopic (exact) mass is 566 g/mol. The van der Waals surface area contributed by atoms with Gasteiger partial charge in [0.1, 0.15) is 23.0 Å². The van der Waals surface area contributed by atoms with E-state index in [0.717, 1.165) is 0 Å². The summed E-state index contributed by atoms with van der Waals surface area (Å²) in [6.07, 6.45) is 0. The van der Waals surface area contributed by atoms with Crippen molar-refractivity contribution in [2.75, 3.05) is 56.4 Å². The van der Waals surface area contributed by atoms with Crippen LogP contribution >= 0.6 is 48.9 Å². The van der Waals surface area contributed by atoms with Crippen LogP contribution in [-0.4, -0.2) is 96.7 Å². The van der Waals surface area contributed by atoms with E-state index in [4.69, 9.17) is 67.8 Å². The van der Waals surface area contributed by atoms with Crippen LogP contribution in [0.25, 0.3) is 11.1 Å². The Hall–Kier alpha value is -2.80. The van der Waals surface area contributed by atoms with Crippen LogP contribution in [0.3, 0.4) is 0 Å². The molecule has 2 aromatic carbocycles. The fourth-order valence-corrected chi connectivity index (χ4v) is 2.96. The molecule has 0 fully saturated rings. The first-order valence-corrected chi connectivity index (χ1v) is 12.3. The van der Waals surface area contributed by atoms with Gasteiger partial charge in [0.15, 0.2) is 0 Å². The molecule has 0 aromatic heterocycles. The summed E-state index contributed by atoms with van der Waals surface area (Å²) >= 11 is 21.7. The van der Waals surface area contributed by atoms with Gasteiger partial charge in [-0.15, -0.1) is 0 Å². The molecule has 0 N–H and O–H groups in total. The van der Waals surface area contributed by atoms with Gasteiger partial charge in [0.25, 0.3) is 20.7 Å². The van der Waals surface area contributed by atoms with Crippen LogP contribution < -0.4 is 18.9 Å². The minimum Gasteiger partial charge on any atom is -0.431 e. The third kappa shape index (κ3) is 7.60. The number of ether oxygens (including phenoxy) is 4. The molecule has 0 aliphatic carbocycles. The number of rotatable bonds is 5. The van der Waals surface area contributed by atoms with Crippen molar-refractivity contribution < 1.29 is 18.9 Å². The third-order valence-electron chi connectivity index (χ3n) is 4.48. The van der Waals surface area contributed by atoms with E-state index in [1.165, 1.54) is 0 Å². The van der Waals surface area contributed by atoms with Crippen LogP contribution in [0.4, 0.5) is 0 Å². The first-order valence-electron chi connectivity index (χ1n) is 10.7. The van der Waals surface area contributed by atoms with Gasteiger partial charge < -0.3 is 38.5 Å². The van der Waals surface area contributed by atoms with Gasteiger partial charge in [-0.3, -0.25) is 0 Å². The number of benzene rings is 2. The zero-order valence-corrected chi connectivity index (χ0v) is 24.8. The highest BCUT2D eigenvalue weighted by Gasteiger charge is 2.26. The number of nitrogens with zero attached hydrogens (tertiary/aromatic N) is 4. The number of thiocarbonyl (C=S) groups is 4. The maximum absolute atomic E-state index is 6.08. The predicted molar refractivity (Wildman–Crippen MR) is 160 cm³/mol. The summed E-state index contributed by atoms with van der Waals surface area (Å²) in [5.74, 6) is 1.61. The molecule has 0 heterocycles. The Morgan fingerprint density at radius 2 is 0.639 bits per heavy atom. The van der Waals surface area contributed by atoms with E-state index in [0.29, 0.717) is 34.1 Å². The van der Waals surface area contributed by atoms with Crippen molar-refractivity contribution in [3.8, 4) is 34.1 Å². The predicted octanol–water partition coefficient (Wildman–Crippen LogP) is 4.25. The van der Waals surface area contributed by atoms with Gasteiger partial charge in [-0.1, -0.05) is 12.1 Å². The van der Waals surface area contributed by atoms with Crippen molar-refractivity contribution in [1.29, 1.82) is 0 Å². The first-order chi connectivity index (χ1) is 16.8. The van der Waals surface area contributed by atoms with Crippen LogP contribution in [0.2, 0.25) is 0 Å². The quantitative estimate of drug-likeness (QED) is 0.486. The molecular weight excluding hydrogens is 537 g/mol. The van der Waals surface area contributed by atoms with Gasteiger partial charge in [-0.25, -0.2) is 0 Å². The fraction of sp³-hybridized carbons (Fsp3) is 0.333. The van der Waals surface area contributed by atoms with E-state index in [1.54, 1.807) is 112 Å². The summed E-state index contributed by atoms with van der Waals surface area (Å²) in [5, 5.41) is 0.989. The SMILES string of the molecule is CN(C)C(=S)Oc1cccc(OC(=S)N(C)C)c1-c1c(OC(=S)N(C)C)cccc1OC(=S)N(C)C. The Bertz CT molecular complexity index is 983. The summed E-state index contributed by atoms with van der Waals surface area (Å²) in [5.41, 5.74) is 0.999. The lowest BCUT2D eigenvalue weighted by Gasteiger charge is -2.24. The van der Waals surface area contributed by atoms with Gasteiger partial charge in [-0.05, 0) is 73.1 Å². The van der Waals surface area contributed by atoms with Crippen LogP contribution in [0.1, 0.15) is 0 Å². The molecule has 0 amide bonds. The van der Waals surface area contributed by atoms with Crippen molar-refractivity contribution in [2.45, 2.75) is 0 Å². The molecule has 2 rings (SSSR count). The highest BCUT2D eigenvalue weighted by Crippen LogP contribution is 2.48. The van der Waals surface area contributed by atoms with Crippen molar-refractivity contribution in [3.63, 3.8) is 0 Å². The minimum absolute atomic E-state index is 0.247. The molecule has 0 bridgehead atoms. The van der Waals surface area contributed by atoms with Crippen molar-refractivity contribution in [2.24, 2.45) is 0 Å². The minimum atomic E-state index is 0.247. The lowest BCUT2D eigenvalue weighted by molar-refractivity contribution is 0.429. The summed E-state index contributed by atoms with van der Waals surface area (Å²) in [6.45, 7) is 0. The van der Waals surface area contributed by atoms with E-state index in [2.05, 4.69) is 0 Å². The van der Waals surface area contributed by atoms with Crippen LogP contribution in [-0.2, 0) is 0 Å². The van der Waals surface area contributed by atoms with E-state index >= 15 is 0 Å². The third-order valence-corrected chi connectivity index (χ3v) is 6.27. The largest absolute Gasteiger partial charge is 0.431 e. The molecule has 0 atom stereocenters. The van der Waals surface area contributed by atoms with Crippen LogP contribution in [0.15, 0.2) is 36.4 Å². The molecule has 0 aliphatic heterocycles. The normalized spacial score (nSPS) is 10.1. The molecule has 194 valence electrons. The first kappa shape index (κ1) is 29.4. The molecule has 0 unspecified atom stereocenters. The zero-order valence-electron chi connectivity index (χ0n) is 21.5. The number of hydrogen-bond acceptors (Lipinski definition) is 8. The second-order valence-electron chi connectivity index (χ2n) is 8.31. The van der Waals surface area contributed by atoms with Gasteiger partial charge in [0.2, 0.25) is 0 Å². The lowest BCUT2D eigenvalue weighted by atomic mass is 10.0. The highest BCUT2D eigenvalue weighted by atomic mass is 32.1. The molecule has 0 aliphatic rings. The Morgan fingerprint density at radius 1 is 0.444 bits per heavy atom. The van der Waals surface area contributed by atoms with Crippen molar-refractivity contribution in [3.05, 3.63) is 36.4 Å². The summed E-state index contributed by atoms with van der Waals surface area (Å²) in [6, 6.07) is 10.6. The van der Waals surface area contributed by atoms with Crippen molar-refractivity contribution >= 4 is 69.6 Å². The van der Waals surface area contributed by atoms with E-state index in [9.17, 15) is 0 Å². The molecule has 8 nitrogen and oxygen atoms in total. The Labute approximate surface area is 234 Å². The van der Waals surface area contributed by atoms with E-state index in [1.807, 2.05) is 0 Å². The van der Waals surface area contributed by atoms with Gasteiger partial charge in [-0.2, -0.15) is 0 Å². The standard InChI is InChI=1S/C24H30N4O4S4/c1-25(2)21(33)29-15-11-9-12-16(30-22(34)26(3)4)19(15)20-17(31-23(35)27(5)6)13-10-14-18(20)32-24(36)28(7)8/h9-14H,1-8H3. The van der Waals surface area contributed by atoms with Gasteiger partial charge in [0, 0.05) is 56.4 Å². The topological polar surface area (TPSA) is 49.9 Å². The molecule has 0 spiro atoms. The average Bonchev–Trinajstić information content (AvgIpc) is 2.79. The molecule has 36 heavy (non-hydrogen) atoms. The Kier molecular flexibility index (Phi) is 10.6.